The molecule has 0 N–H and O–H groups in total. The van der Waals surface area contributed by atoms with Crippen molar-refractivity contribution in [2.75, 3.05) is 7.11 Å². The van der Waals surface area contributed by atoms with Crippen molar-refractivity contribution in [3.05, 3.63) is 98.8 Å². The first-order valence-electron chi connectivity index (χ1n) is 10.2. The lowest BCUT2D eigenvalue weighted by Gasteiger charge is -2.13. The van der Waals surface area contributed by atoms with Gasteiger partial charge in [0.05, 0.1) is 18.0 Å². The molecule has 5 aromatic rings. The van der Waals surface area contributed by atoms with Crippen molar-refractivity contribution in [1.82, 2.24) is 14.5 Å². The molecule has 164 valence electrons. The minimum atomic E-state index is -0.449. The maximum atomic E-state index is 13.4. The van der Waals surface area contributed by atoms with Gasteiger partial charge < -0.3 is 9.15 Å². The summed E-state index contributed by atoms with van der Waals surface area (Å²) in [6, 6.07) is 17.8. The molecule has 0 amide bonds. The molecule has 0 saturated heterocycles. The summed E-state index contributed by atoms with van der Waals surface area (Å²) in [7, 11) is 1.56. The second kappa shape index (κ2) is 8.55. The lowest BCUT2D eigenvalue weighted by atomic mass is 10.1. The first-order chi connectivity index (χ1) is 16.0. The van der Waals surface area contributed by atoms with Gasteiger partial charge >= 0.3 is 5.63 Å². The fraction of sp³-hybridized carbons (Fsp3) is 0.120. The van der Waals surface area contributed by atoms with Gasteiger partial charge in [-0.25, -0.2) is 19.3 Å². The first-order valence-corrected chi connectivity index (χ1v) is 11.2. The van der Waals surface area contributed by atoms with Crippen LogP contribution in [0.3, 0.4) is 0 Å². The first kappa shape index (κ1) is 21.0. The monoisotopic (exact) mass is 457 g/mol. The molecule has 0 radical (unpaired) electrons. The number of pyridine rings is 1. The molecule has 0 spiro atoms. The second-order valence-corrected chi connectivity index (χ2v) is 8.43. The van der Waals surface area contributed by atoms with E-state index < -0.39 is 5.63 Å². The fourth-order valence-electron chi connectivity index (χ4n) is 3.60. The Morgan fingerprint density at radius 3 is 2.67 bits per heavy atom. The van der Waals surface area contributed by atoms with Crippen LogP contribution in [0.25, 0.3) is 27.7 Å². The van der Waals surface area contributed by atoms with Crippen molar-refractivity contribution < 1.29 is 9.15 Å². The van der Waals surface area contributed by atoms with E-state index in [1.807, 2.05) is 43.3 Å². The Bertz CT molecular complexity index is 1610. The summed E-state index contributed by atoms with van der Waals surface area (Å²) in [5.74, 6) is 1.50. The summed E-state index contributed by atoms with van der Waals surface area (Å²) >= 11 is 1.36. The molecule has 0 fully saturated rings. The number of aromatic nitrogens is 3. The molecule has 0 aliphatic heterocycles. The van der Waals surface area contributed by atoms with Crippen LogP contribution in [0, 0.1) is 6.92 Å². The van der Waals surface area contributed by atoms with Crippen molar-refractivity contribution in [2.45, 2.75) is 17.8 Å². The standard InChI is InChI=1S/C25H19N3O4S/c1-15-7-10-22(26-13-15)28-24(30)19-5-3-4-6-20(19)27-25(28)33-14-16-11-23(29)32-21-12-17(31-2)8-9-18(16)21/h3-13H,14H2,1-2H3. The number of aryl methyl sites for hydroxylation is 1. The van der Waals surface area contributed by atoms with E-state index in [-0.39, 0.29) is 5.56 Å². The molecule has 0 aliphatic carbocycles. The van der Waals surface area contributed by atoms with E-state index in [4.69, 9.17) is 14.1 Å². The third-order valence-electron chi connectivity index (χ3n) is 5.26. The number of nitrogens with zero attached hydrogens (tertiary/aromatic N) is 3. The number of methoxy groups -OCH3 is 1. The van der Waals surface area contributed by atoms with Crippen LogP contribution in [-0.2, 0) is 5.75 Å². The van der Waals surface area contributed by atoms with Gasteiger partial charge in [0.15, 0.2) is 5.16 Å². The number of benzene rings is 2. The Kier molecular flexibility index (Phi) is 5.43. The molecule has 8 heteroatoms. The SMILES string of the molecule is COc1ccc2c(CSc3nc4ccccc4c(=O)n3-c3ccc(C)cn3)cc(=O)oc2c1. The molecule has 0 saturated carbocycles. The van der Waals surface area contributed by atoms with Gasteiger partial charge in [-0.3, -0.25) is 4.79 Å². The van der Waals surface area contributed by atoms with E-state index in [9.17, 15) is 9.59 Å². The van der Waals surface area contributed by atoms with Crippen molar-refractivity contribution in [1.29, 1.82) is 0 Å². The Balaban J connectivity index is 1.62. The molecule has 2 aromatic carbocycles. The van der Waals surface area contributed by atoms with E-state index in [0.717, 1.165) is 16.5 Å². The summed E-state index contributed by atoms with van der Waals surface area (Å²) < 4.78 is 12.1. The zero-order valence-electron chi connectivity index (χ0n) is 17.9. The normalized spacial score (nSPS) is 11.2. The van der Waals surface area contributed by atoms with Crippen LogP contribution >= 0.6 is 11.8 Å². The predicted molar refractivity (Wildman–Crippen MR) is 128 cm³/mol. The van der Waals surface area contributed by atoms with Gasteiger partial charge in [-0.05, 0) is 48.4 Å². The van der Waals surface area contributed by atoms with E-state index in [0.29, 0.717) is 39.0 Å². The van der Waals surface area contributed by atoms with E-state index in [2.05, 4.69) is 4.98 Å². The van der Waals surface area contributed by atoms with Crippen molar-refractivity contribution in [3.8, 4) is 11.6 Å². The fourth-order valence-corrected chi connectivity index (χ4v) is 4.59. The van der Waals surface area contributed by atoms with Crippen molar-refractivity contribution >= 4 is 33.6 Å². The number of hydrogen-bond acceptors (Lipinski definition) is 7. The minimum absolute atomic E-state index is 0.193. The van der Waals surface area contributed by atoms with Crippen molar-refractivity contribution in [3.63, 3.8) is 0 Å². The van der Waals surface area contributed by atoms with Gasteiger partial charge in [0.2, 0.25) is 0 Å². The summed E-state index contributed by atoms with van der Waals surface area (Å²) in [5, 5.41) is 1.80. The summed E-state index contributed by atoms with van der Waals surface area (Å²) in [6.07, 6.45) is 1.72. The zero-order chi connectivity index (χ0) is 22.9. The highest BCUT2D eigenvalue weighted by molar-refractivity contribution is 7.98. The number of ether oxygens (including phenoxy) is 1. The highest BCUT2D eigenvalue weighted by Crippen LogP contribution is 2.29. The highest BCUT2D eigenvalue weighted by Gasteiger charge is 2.16. The lowest BCUT2D eigenvalue weighted by molar-refractivity contribution is 0.414. The zero-order valence-corrected chi connectivity index (χ0v) is 18.8. The van der Waals surface area contributed by atoms with Crippen LogP contribution in [0.4, 0.5) is 0 Å². The maximum Gasteiger partial charge on any atom is 0.336 e. The molecular formula is C25H19N3O4S. The van der Waals surface area contributed by atoms with Gasteiger partial charge in [0, 0.05) is 29.5 Å². The number of fused-ring (bicyclic) bond motifs is 2. The van der Waals surface area contributed by atoms with Gasteiger partial charge in [-0.15, -0.1) is 0 Å². The third kappa shape index (κ3) is 4.01. The predicted octanol–water partition coefficient (Wildman–Crippen LogP) is 4.50. The van der Waals surface area contributed by atoms with Gasteiger partial charge in [-0.1, -0.05) is 30.0 Å². The van der Waals surface area contributed by atoms with Crippen LogP contribution in [0.5, 0.6) is 5.75 Å². The number of para-hydroxylation sites is 1. The Hall–Kier alpha value is -3.91. The average molecular weight is 458 g/mol. The quantitative estimate of drug-likeness (QED) is 0.218. The average Bonchev–Trinajstić information content (AvgIpc) is 2.83. The lowest BCUT2D eigenvalue weighted by Crippen LogP contribution is -2.22. The Morgan fingerprint density at radius 1 is 1.03 bits per heavy atom. The molecule has 3 heterocycles. The number of hydrogen-bond donors (Lipinski definition) is 0. The third-order valence-corrected chi connectivity index (χ3v) is 6.25. The Morgan fingerprint density at radius 2 is 1.88 bits per heavy atom. The number of rotatable bonds is 5. The van der Waals surface area contributed by atoms with Gasteiger partial charge in [0.1, 0.15) is 17.2 Å². The van der Waals surface area contributed by atoms with Crippen LogP contribution in [0.2, 0.25) is 0 Å². The maximum absolute atomic E-state index is 13.4. The molecule has 5 rings (SSSR count). The summed E-state index contributed by atoms with van der Waals surface area (Å²) in [6.45, 7) is 1.94. The molecule has 33 heavy (non-hydrogen) atoms. The van der Waals surface area contributed by atoms with Crippen LogP contribution in [-0.4, -0.2) is 21.6 Å². The van der Waals surface area contributed by atoms with Crippen molar-refractivity contribution in [2.24, 2.45) is 0 Å². The minimum Gasteiger partial charge on any atom is -0.497 e. The summed E-state index contributed by atoms with van der Waals surface area (Å²) in [5.41, 5.74) is 2.18. The summed E-state index contributed by atoms with van der Waals surface area (Å²) in [4.78, 5) is 34.7. The van der Waals surface area contributed by atoms with Crippen LogP contribution in [0.15, 0.2) is 86.0 Å². The molecule has 0 aliphatic rings. The van der Waals surface area contributed by atoms with E-state index >= 15 is 0 Å². The molecule has 0 unspecified atom stereocenters. The second-order valence-electron chi connectivity index (χ2n) is 7.49. The Labute approximate surface area is 192 Å². The smallest absolute Gasteiger partial charge is 0.336 e. The molecule has 7 nitrogen and oxygen atoms in total. The highest BCUT2D eigenvalue weighted by atomic mass is 32.2. The van der Waals surface area contributed by atoms with E-state index in [1.54, 1.807) is 31.5 Å². The van der Waals surface area contributed by atoms with Crippen LogP contribution in [0.1, 0.15) is 11.1 Å². The molecule has 0 atom stereocenters. The van der Waals surface area contributed by atoms with Gasteiger partial charge in [0.25, 0.3) is 5.56 Å². The topological polar surface area (TPSA) is 87.2 Å². The van der Waals surface area contributed by atoms with Crippen LogP contribution < -0.4 is 15.9 Å². The number of thioether (sulfide) groups is 1. The molecule has 3 aromatic heterocycles. The van der Waals surface area contributed by atoms with Gasteiger partial charge in [-0.2, -0.15) is 0 Å². The molecular weight excluding hydrogens is 438 g/mol. The largest absolute Gasteiger partial charge is 0.497 e. The van der Waals surface area contributed by atoms with E-state index in [1.165, 1.54) is 22.4 Å². The molecule has 0 bridgehead atoms.